The Morgan fingerprint density at radius 1 is 1.21 bits per heavy atom. The number of nitrogens with one attached hydrogen (secondary N) is 1. The van der Waals surface area contributed by atoms with E-state index in [2.05, 4.69) is 37.3 Å². The molecule has 1 amide bonds. The van der Waals surface area contributed by atoms with Gasteiger partial charge in [-0.25, -0.2) is 9.97 Å². The Labute approximate surface area is 197 Å². The third kappa shape index (κ3) is 3.57. The molecule has 1 aliphatic carbocycles. The van der Waals surface area contributed by atoms with Crippen LogP contribution in [0.15, 0.2) is 23.5 Å². The number of carbonyl (C=O) groups is 1. The fourth-order valence-electron chi connectivity index (χ4n) is 5.38. The van der Waals surface area contributed by atoms with Crippen LogP contribution in [-0.2, 0) is 24.2 Å². The van der Waals surface area contributed by atoms with Crippen LogP contribution >= 0.6 is 11.3 Å². The molecule has 3 aliphatic rings. The van der Waals surface area contributed by atoms with Gasteiger partial charge >= 0.3 is 0 Å². The number of hydrogen-bond acceptors (Lipinski definition) is 7. The van der Waals surface area contributed by atoms with Gasteiger partial charge in [0.05, 0.1) is 23.3 Å². The average molecular weight is 461 g/mol. The smallest absolute Gasteiger partial charge is 0.225 e. The van der Waals surface area contributed by atoms with Crippen molar-refractivity contribution in [2.75, 3.05) is 37.4 Å². The van der Waals surface area contributed by atoms with Gasteiger partial charge in [-0.1, -0.05) is 0 Å². The van der Waals surface area contributed by atoms with Gasteiger partial charge in [0.2, 0.25) is 5.91 Å². The van der Waals surface area contributed by atoms with E-state index in [1.165, 1.54) is 40.1 Å². The highest BCUT2D eigenvalue weighted by molar-refractivity contribution is 7.19. The maximum absolute atomic E-state index is 12.6. The zero-order chi connectivity index (χ0) is 22.5. The lowest BCUT2D eigenvalue weighted by atomic mass is 9.87. The van der Waals surface area contributed by atoms with E-state index in [0.717, 1.165) is 60.6 Å². The number of carbonyl (C=O) groups excluding carboxylic acids is 1. The van der Waals surface area contributed by atoms with Gasteiger partial charge in [-0.2, -0.15) is 0 Å². The minimum atomic E-state index is 0.0581. The molecule has 0 bridgehead atoms. The summed E-state index contributed by atoms with van der Waals surface area (Å²) < 4.78 is 0. The van der Waals surface area contributed by atoms with Crippen molar-refractivity contribution in [1.82, 2.24) is 14.9 Å². The number of aromatic nitrogens is 2. The molecule has 1 N–H and O–H groups in total. The molecule has 6 rings (SSSR count). The lowest BCUT2D eigenvalue weighted by molar-refractivity contribution is -0.133. The van der Waals surface area contributed by atoms with Crippen LogP contribution in [0.4, 0.5) is 17.2 Å². The largest absolute Gasteiger partial charge is 0.370 e. The Balaban J connectivity index is 1.39. The Morgan fingerprint density at radius 3 is 2.88 bits per heavy atom. The van der Waals surface area contributed by atoms with Crippen LogP contribution in [0.1, 0.15) is 40.8 Å². The zero-order valence-electron chi connectivity index (χ0n) is 19.1. The molecule has 3 aromatic rings. The SMILES string of the molecule is CN(C)C(=O)[C@H]1CCc2c(sc3ncnc(Nc4cc5c(cc4N4CCCC4)CN=C5)c23)C1. The van der Waals surface area contributed by atoms with Crippen LogP contribution in [0.25, 0.3) is 10.2 Å². The molecule has 8 heteroatoms. The Bertz CT molecular complexity index is 1270. The fourth-order valence-corrected chi connectivity index (χ4v) is 6.64. The summed E-state index contributed by atoms with van der Waals surface area (Å²) in [6.07, 6.45) is 8.64. The van der Waals surface area contributed by atoms with E-state index in [-0.39, 0.29) is 11.8 Å². The molecule has 0 unspecified atom stereocenters. The van der Waals surface area contributed by atoms with E-state index in [9.17, 15) is 4.79 Å². The summed E-state index contributed by atoms with van der Waals surface area (Å²) in [7, 11) is 3.69. The van der Waals surface area contributed by atoms with Crippen molar-refractivity contribution in [2.24, 2.45) is 10.9 Å². The number of aryl methyl sites for hydroxylation is 1. The van der Waals surface area contributed by atoms with Gasteiger partial charge in [-0.3, -0.25) is 9.79 Å². The summed E-state index contributed by atoms with van der Waals surface area (Å²) in [6.45, 7) is 2.93. The maximum Gasteiger partial charge on any atom is 0.225 e. The van der Waals surface area contributed by atoms with E-state index in [1.807, 2.05) is 20.3 Å². The summed E-state index contributed by atoms with van der Waals surface area (Å²) in [5.74, 6) is 1.14. The molecule has 1 saturated heterocycles. The van der Waals surface area contributed by atoms with Crippen molar-refractivity contribution in [2.45, 2.75) is 38.6 Å². The van der Waals surface area contributed by atoms with Crippen molar-refractivity contribution in [3.63, 3.8) is 0 Å². The Morgan fingerprint density at radius 2 is 2.06 bits per heavy atom. The predicted octanol–water partition coefficient (Wildman–Crippen LogP) is 4.16. The molecule has 2 aromatic heterocycles. The standard InChI is InChI=1S/C25H28N6OS/c1-30(2)25(32)15-5-6-18-21(11-15)33-24-22(18)23(27-14-28-24)29-19-9-16-12-26-13-17(16)10-20(19)31-7-3-4-8-31/h9-10,12,14-15H,3-8,11,13H2,1-2H3,(H,27,28,29)/t15-/m0/s1. The van der Waals surface area contributed by atoms with Gasteiger partial charge in [0, 0.05) is 44.2 Å². The molecule has 1 fully saturated rings. The molecule has 1 aromatic carbocycles. The van der Waals surface area contributed by atoms with Crippen molar-refractivity contribution in [3.05, 3.63) is 40.0 Å². The Hall–Kier alpha value is -3.00. The first-order valence-electron chi connectivity index (χ1n) is 11.7. The second kappa shape index (κ2) is 8.09. The summed E-state index contributed by atoms with van der Waals surface area (Å²) in [5.41, 5.74) is 6.11. The fraction of sp³-hybridized carbons (Fsp3) is 0.440. The Kier molecular flexibility index (Phi) is 5.05. The molecule has 0 spiro atoms. The first kappa shape index (κ1) is 20.6. The highest BCUT2D eigenvalue weighted by atomic mass is 32.1. The number of amides is 1. The van der Waals surface area contributed by atoms with Gasteiger partial charge in [-0.15, -0.1) is 11.3 Å². The van der Waals surface area contributed by atoms with E-state index in [4.69, 9.17) is 0 Å². The highest BCUT2D eigenvalue weighted by Gasteiger charge is 2.30. The van der Waals surface area contributed by atoms with Crippen LogP contribution in [0.5, 0.6) is 0 Å². The van der Waals surface area contributed by atoms with Gasteiger partial charge < -0.3 is 15.1 Å². The lowest BCUT2D eigenvalue weighted by Crippen LogP contribution is -2.32. The number of thiophene rings is 1. The van der Waals surface area contributed by atoms with Crippen molar-refractivity contribution in [1.29, 1.82) is 0 Å². The molecule has 2 aliphatic heterocycles. The van der Waals surface area contributed by atoms with E-state index < -0.39 is 0 Å². The molecular weight excluding hydrogens is 432 g/mol. The molecule has 7 nitrogen and oxygen atoms in total. The van der Waals surface area contributed by atoms with Crippen molar-refractivity contribution >= 4 is 50.9 Å². The quantitative estimate of drug-likeness (QED) is 0.633. The van der Waals surface area contributed by atoms with E-state index in [0.29, 0.717) is 0 Å². The second-order valence-corrected chi connectivity index (χ2v) is 10.5. The predicted molar refractivity (Wildman–Crippen MR) is 134 cm³/mol. The summed E-state index contributed by atoms with van der Waals surface area (Å²) >= 11 is 1.71. The number of nitrogens with zero attached hydrogens (tertiary/aromatic N) is 5. The summed E-state index contributed by atoms with van der Waals surface area (Å²) in [4.78, 5) is 32.8. The van der Waals surface area contributed by atoms with Crippen molar-refractivity contribution in [3.8, 4) is 0 Å². The molecule has 170 valence electrons. The normalized spacial score (nSPS) is 19.1. The van der Waals surface area contributed by atoms with Gasteiger partial charge in [0.15, 0.2) is 0 Å². The van der Waals surface area contributed by atoms with Gasteiger partial charge in [0.25, 0.3) is 0 Å². The third-order valence-electron chi connectivity index (χ3n) is 7.08. The maximum atomic E-state index is 12.6. The summed E-state index contributed by atoms with van der Waals surface area (Å²) in [6, 6.07) is 4.52. The molecule has 0 radical (unpaired) electrons. The van der Waals surface area contributed by atoms with Crippen LogP contribution in [0, 0.1) is 5.92 Å². The molecule has 33 heavy (non-hydrogen) atoms. The number of rotatable bonds is 4. The lowest BCUT2D eigenvalue weighted by Gasteiger charge is -2.25. The molecule has 4 heterocycles. The highest BCUT2D eigenvalue weighted by Crippen LogP contribution is 2.42. The monoisotopic (exact) mass is 460 g/mol. The van der Waals surface area contributed by atoms with Crippen LogP contribution < -0.4 is 10.2 Å². The number of aliphatic imine (C=N–C) groups is 1. The van der Waals surface area contributed by atoms with Crippen LogP contribution in [0.3, 0.4) is 0 Å². The molecule has 0 saturated carbocycles. The van der Waals surface area contributed by atoms with Gasteiger partial charge in [-0.05, 0) is 60.9 Å². The number of anilines is 3. The van der Waals surface area contributed by atoms with Crippen LogP contribution in [-0.4, -0.2) is 54.2 Å². The number of benzene rings is 1. The topological polar surface area (TPSA) is 73.7 Å². The number of fused-ring (bicyclic) bond motifs is 4. The summed E-state index contributed by atoms with van der Waals surface area (Å²) in [5, 5.41) is 4.81. The molecule has 1 atom stereocenters. The molecular formula is C25H28N6OS. The van der Waals surface area contributed by atoms with Gasteiger partial charge in [0.1, 0.15) is 17.0 Å². The van der Waals surface area contributed by atoms with E-state index in [1.54, 1.807) is 22.6 Å². The third-order valence-corrected chi connectivity index (χ3v) is 8.25. The minimum Gasteiger partial charge on any atom is -0.370 e. The van der Waals surface area contributed by atoms with E-state index >= 15 is 0 Å². The van der Waals surface area contributed by atoms with Crippen molar-refractivity contribution < 1.29 is 4.79 Å². The zero-order valence-corrected chi connectivity index (χ0v) is 19.9. The first-order valence-corrected chi connectivity index (χ1v) is 12.6. The average Bonchev–Trinajstić information content (AvgIpc) is 3.56. The number of hydrogen-bond donors (Lipinski definition) is 1. The minimum absolute atomic E-state index is 0.0581. The van der Waals surface area contributed by atoms with Crippen LogP contribution in [0.2, 0.25) is 0 Å². The second-order valence-electron chi connectivity index (χ2n) is 9.44. The first-order chi connectivity index (χ1) is 16.1.